The van der Waals surface area contributed by atoms with Gasteiger partial charge in [0.25, 0.3) is 5.78 Å². The Labute approximate surface area is 127 Å². The summed E-state index contributed by atoms with van der Waals surface area (Å²) in [5.74, 6) is -4.10. The first-order chi connectivity index (χ1) is 10.0. The summed E-state index contributed by atoms with van der Waals surface area (Å²) < 4.78 is 86.3. The molecule has 128 valence electrons. The molecule has 0 aromatic carbocycles. The zero-order valence-corrected chi connectivity index (χ0v) is 12.5. The Morgan fingerprint density at radius 2 is 1.86 bits per heavy atom. The van der Waals surface area contributed by atoms with E-state index in [1.807, 2.05) is 0 Å². The highest BCUT2D eigenvalue weighted by molar-refractivity contribution is 7.99. The lowest BCUT2D eigenvalue weighted by Gasteiger charge is -2.33. The Balaban J connectivity index is 3.36. The summed E-state index contributed by atoms with van der Waals surface area (Å²) in [4.78, 5) is 11.4. The number of rotatable bonds is 5. The molecule has 0 aliphatic carbocycles. The van der Waals surface area contributed by atoms with Crippen LogP contribution in [0, 0.1) is 0 Å². The van der Waals surface area contributed by atoms with Gasteiger partial charge in [-0.1, -0.05) is 6.92 Å². The normalized spacial score (nSPS) is 23.5. The standard InChI is InChI=1S/C12H14F6O3S/c1-3-20-6-5-7(22-4-2)21-10(12(16,17)18)8(6)9(19)11(13,14)15/h6-7H,3-5H2,1-2H3/t6-,7+/m1/s1. The van der Waals surface area contributed by atoms with E-state index >= 15 is 0 Å². The second-order valence-corrected chi connectivity index (χ2v) is 5.69. The maximum Gasteiger partial charge on any atom is 0.454 e. The molecule has 1 heterocycles. The van der Waals surface area contributed by atoms with Gasteiger partial charge in [-0.3, -0.25) is 4.79 Å². The highest BCUT2D eigenvalue weighted by Crippen LogP contribution is 2.42. The number of alkyl halides is 6. The predicted octanol–water partition coefficient (Wildman–Crippen LogP) is 3.84. The van der Waals surface area contributed by atoms with Crippen LogP contribution in [-0.2, 0) is 14.3 Å². The van der Waals surface area contributed by atoms with Crippen LogP contribution in [0.5, 0.6) is 0 Å². The average molecular weight is 352 g/mol. The van der Waals surface area contributed by atoms with Crippen molar-refractivity contribution in [2.75, 3.05) is 12.4 Å². The third-order valence-corrected chi connectivity index (χ3v) is 3.70. The molecule has 0 radical (unpaired) electrons. The van der Waals surface area contributed by atoms with Gasteiger partial charge in [0.05, 0.1) is 11.7 Å². The molecule has 0 amide bonds. The largest absolute Gasteiger partial charge is 0.474 e. The van der Waals surface area contributed by atoms with Gasteiger partial charge in [-0.05, 0) is 12.7 Å². The molecule has 0 bridgehead atoms. The number of carbonyl (C=O) groups excluding carboxylic acids is 1. The van der Waals surface area contributed by atoms with Gasteiger partial charge in [0, 0.05) is 13.0 Å². The molecule has 0 fully saturated rings. The number of Topliss-reactive ketones (excluding diaryl/α,β-unsaturated/α-hetero) is 1. The molecule has 0 unspecified atom stereocenters. The zero-order valence-electron chi connectivity index (χ0n) is 11.7. The smallest absolute Gasteiger partial charge is 0.454 e. The summed E-state index contributed by atoms with van der Waals surface area (Å²) in [7, 11) is 0. The zero-order chi connectivity index (χ0) is 17.1. The lowest BCUT2D eigenvalue weighted by molar-refractivity contribution is -0.174. The van der Waals surface area contributed by atoms with E-state index in [1.54, 1.807) is 6.92 Å². The van der Waals surface area contributed by atoms with E-state index < -0.39 is 41.0 Å². The predicted molar refractivity (Wildman–Crippen MR) is 67.2 cm³/mol. The van der Waals surface area contributed by atoms with Gasteiger partial charge in [0.1, 0.15) is 5.44 Å². The first-order valence-electron chi connectivity index (χ1n) is 6.35. The highest BCUT2D eigenvalue weighted by atomic mass is 32.2. The van der Waals surface area contributed by atoms with Gasteiger partial charge in [0.2, 0.25) is 5.76 Å². The van der Waals surface area contributed by atoms with Crippen molar-refractivity contribution in [2.45, 2.75) is 44.2 Å². The monoisotopic (exact) mass is 352 g/mol. The number of hydrogen-bond donors (Lipinski definition) is 0. The van der Waals surface area contributed by atoms with Crippen molar-refractivity contribution in [3.63, 3.8) is 0 Å². The Morgan fingerprint density at radius 1 is 1.27 bits per heavy atom. The lowest BCUT2D eigenvalue weighted by atomic mass is 9.98. The second kappa shape index (κ2) is 7.12. The molecule has 3 nitrogen and oxygen atoms in total. The van der Waals surface area contributed by atoms with Crippen LogP contribution in [0.25, 0.3) is 0 Å². The third kappa shape index (κ3) is 4.55. The van der Waals surface area contributed by atoms with Gasteiger partial charge in [-0.2, -0.15) is 26.3 Å². The Bertz CT molecular complexity index is 443. The van der Waals surface area contributed by atoms with Crippen molar-refractivity contribution in [3.05, 3.63) is 11.3 Å². The number of hydrogen-bond acceptors (Lipinski definition) is 4. The number of allylic oxidation sites excluding steroid dienone is 1. The molecule has 0 saturated heterocycles. The van der Waals surface area contributed by atoms with Crippen molar-refractivity contribution in [1.82, 2.24) is 0 Å². The molecule has 0 N–H and O–H groups in total. The molecular weight excluding hydrogens is 338 g/mol. The number of carbonyl (C=O) groups is 1. The summed E-state index contributed by atoms with van der Waals surface area (Å²) in [5, 5.41) is 0. The fourth-order valence-corrected chi connectivity index (χ4v) is 2.79. The minimum atomic E-state index is -5.44. The van der Waals surface area contributed by atoms with E-state index in [-0.39, 0.29) is 13.0 Å². The molecule has 0 aromatic heterocycles. The van der Waals surface area contributed by atoms with Gasteiger partial charge in [0.15, 0.2) is 0 Å². The van der Waals surface area contributed by atoms with Crippen molar-refractivity contribution in [1.29, 1.82) is 0 Å². The van der Waals surface area contributed by atoms with Crippen molar-refractivity contribution < 1.29 is 40.6 Å². The number of ether oxygens (including phenoxy) is 2. The molecule has 1 rings (SSSR count). The molecule has 0 saturated carbocycles. The minimum absolute atomic E-state index is 0.131. The van der Waals surface area contributed by atoms with E-state index in [0.29, 0.717) is 5.75 Å². The van der Waals surface area contributed by atoms with E-state index in [4.69, 9.17) is 4.74 Å². The van der Waals surface area contributed by atoms with Crippen LogP contribution in [0.4, 0.5) is 26.3 Å². The molecular formula is C12H14F6O3S. The number of thioether (sulfide) groups is 1. The quantitative estimate of drug-likeness (QED) is 0.705. The van der Waals surface area contributed by atoms with E-state index in [0.717, 1.165) is 11.8 Å². The van der Waals surface area contributed by atoms with Crippen molar-refractivity contribution in [2.24, 2.45) is 0 Å². The fourth-order valence-electron chi connectivity index (χ4n) is 1.94. The van der Waals surface area contributed by atoms with Gasteiger partial charge < -0.3 is 9.47 Å². The maximum atomic E-state index is 13.0. The molecule has 22 heavy (non-hydrogen) atoms. The van der Waals surface area contributed by atoms with Crippen LogP contribution in [0.15, 0.2) is 11.3 Å². The topological polar surface area (TPSA) is 35.5 Å². The summed E-state index contributed by atoms with van der Waals surface area (Å²) in [6, 6.07) is 0. The summed E-state index contributed by atoms with van der Waals surface area (Å²) in [5.41, 5.74) is -2.53. The molecule has 0 spiro atoms. The number of ketones is 1. The van der Waals surface area contributed by atoms with Gasteiger partial charge in [-0.15, -0.1) is 11.8 Å². The van der Waals surface area contributed by atoms with Crippen molar-refractivity contribution >= 4 is 17.5 Å². The van der Waals surface area contributed by atoms with Gasteiger partial charge >= 0.3 is 12.4 Å². The first-order valence-corrected chi connectivity index (χ1v) is 7.39. The van der Waals surface area contributed by atoms with Crippen LogP contribution >= 0.6 is 11.8 Å². The molecule has 10 heteroatoms. The second-order valence-electron chi connectivity index (χ2n) is 4.25. The highest BCUT2D eigenvalue weighted by Gasteiger charge is 2.53. The lowest BCUT2D eigenvalue weighted by Crippen LogP contribution is -2.41. The first kappa shape index (κ1) is 19.1. The minimum Gasteiger partial charge on any atom is -0.474 e. The Kier molecular flexibility index (Phi) is 6.19. The van der Waals surface area contributed by atoms with Crippen LogP contribution in [0.2, 0.25) is 0 Å². The average Bonchev–Trinajstić information content (AvgIpc) is 2.36. The maximum absolute atomic E-state index is 13.0. The van der Waals surface area contributed by atoms with E-state index in [9.17, 15) is 31.1 Å². The van der Waals surface area contributed by atoms with E-state index in [2.05, 4.69) is 4.74 Å². The van der Waals surface area contributed by atoms with Crippen LogP contribution in [-0.4, -0.2) is 42.0 Å². The number of halogens is 6. The van der Waals surface area contributed by atoms with E-state index in [1.165, 1.54) is 6.92 Å². The molecule has 1 aliphatic heterocycles. The van der Waals surface area contributed by atoms with Gasteiger partial charge in [-0.25, -0.2) is 0 Å². The third-order valence-electron chi connectivity index (χ3n) is 2.70. The Hall–Kier alpha value is -0.900. The Morgan fingerprint density at radius 3 is 2.27 bits per heavy atom. The van der Waals surface area contributed by atoms with Crippen LogP contribution in [0.1, 0.15) is 20.3 Å². The summed E-state index contributed by atoms with van der Waals surface area (Å²) in [6.07, 6.45) is -12.5. The molecule has 0 aromatic rings. The molecule has 2 atom stereocenters. The SMILES string of the molecule is CCO[C@@H]1C[C@H](SCC)OC(C(F)(F)F)=C1C(=O)C(F)(F)F. The van der Waals surface area contributed by atoms with Crippen LogP contribution < -0.4 is 0 Å². The fraction of sp³-hybridized carbons (Fsp3) is 0.750. The molecule has 1 aliphatic rings. The summed E-state index contributed by atoms with van der Waals surface area (Å²) in [6.45, 7) is 2.95. The summed E-state index contributed by atoms with van der Waals surface area (Å²) >= 11 is 0.994. The van der Waals surface area contributed by atoms with Crippen molar-refractivity contribution in [3.8, 4) is 0 Å². The van der Waals surface area contributed by atoms with Crippen LogP contribution in [0.3, 0.4) is 0 Å².